The molecule has 2 aromatic carbocycles. The molecule has 0 atom stereocenters. The number of carbonyl (C=O) groups is 1. The third kappa shape index (κ3) is 3.03. The molecule has 0 bridgehead atoms. The maximum atomic E-state index is 13.5. The highest BCUT2D eigenvalue weighted by atomic mass is 79.9. The molecule has 1 amide bonds. The molecule has 0 fully saturated rings. The topological polar surface area (TPSA) is 69.6 Å². The van der Waals surface area contributed by atoms with Gasteiger partial charge in [0.2, 0.25) is 0 Å². The van der Waals surface area contributed by atoms with Gasteiger partial charge in [-0.1, -0.05) is 15.9 Å². The number of benzene rings is 2. The number of phenols is 2. The molecule has 0 aliphatic carbocycles. The summed E-state index contributed by atoms with van der Waals surface area (Å²) >= 11 is 3.17. The minimum absolute atomic E-state index is 0.00755. The van der Waals surface area contributed by atoms with Crippen LogP contribution in [-0.2, 0) is 0 Å². The minimum atomic E-state index is -0.672. The molecule has 0 aromatic heterocycles. The average Bonchev–Trinajstić information content (AvgIpc) is 2.33. The molecule has 98 valence electrons. The molecule has 4 nitrogen and oxygen atoms in total. The monoisotopic (exact) mass is 325 g/mol. The van der Waals surface area contributed by atoms with Crippen LogP contribution in [0.15, 0.2) is 40.9 Å². The first kappa shape index (κ1) is 13.4. The predicted molar refractivity (Wildman–Crippen MR) is 71.8 cm³/mol. The number of amides is 1. The summed E-state index contributed by atoms with van der Waals surface area (Å²) < 4.78 is 14.1. The molecule has 0 aliphatic heterocycles. The van der Waals surface area contributed by atoms with E-state index in [-0.39, 0.29) is 22.7 Å². The first-order valence-electron chi connectivity index (χ1n) is 5.26. The third-order valence-electron chi connectivity index (χ3n) is 2.40. The van der Waals surface area contributed by atoms with Gasteiger partial charge in [0.15, 0.2) is 0 Å². The van der Waals surface area contributed by atoms with Crippen LogP contribution >= 0.6 is 15.9 Å². The Morgan fingerprint density at radius 1 is 1.16 bits per heavy atom. The van der Waals surface area contributed by atoms with Crippen LogP contribution in [0.25, 0.3) is 0 Å². The summed E-state index contributed by atoms with van der Waals surface area (Å²) in [5, 5.41) is 21.0. The van der Waals surface area contributed by atoms with Gasteiger partial charge in [-0.25, -0.2) is 4.39 Å². The van der Waals surface area contributed by atoms with Crippen molar-refractivity contribution in [2.24, 2.45) is 0 Å². The summed E-state index contributed by atoms with van der Waals surface area (Å²) in [5.41, 5.74) is -0.0657. The molecule has 0 unspecified atom stereocenters. The van der Waals surface area contributed by atoms with Crippen molar-refractivity contribution in [1.82, 2.24) is 0 Å². The molecule has 19 heavy (non-hydrogen) atoms. The highest BCUT2D eigenvalue weighted by molar-refractivity contribution is 9.10. The third-order valence-corrected chi connectivity index (χ3v) is 2.90. The van der Waals surface area contributed by atoms with E-state index in [1.165, 1.54) is 30.3 Å². The van der Waals surface area contributed by atoms with Gasteiger partial charge >= 0.3 is 0 Å². The van der Waals surface area contributed by atoms with Gasteiger partial charge in [-0.15, -0.1) is 0 Å². The second-order valence-electron chi connectivity index (χ2n) is 3.78. The lowest BCUT2D eigenvalue weighted by atomic mass is 10.1. The van der Waals surface area contributed by atoms with E-state index in [4.69, 9.17) is 5.11 Å². The molecule has 0 radical (unpaired) electrons. The zero-order valence-electron chi connectivity index (χ0n) is 9.52. The number of nitrogens with one attached hydrogen (secondary N) is 1. The quantitative estimate of drug-likeness (QED) is 0.793. The Hall–Kier alpha value is -2.08. The van der Waals surface area contributed by atoms with Gasteiger partial charge in [0, 0.05) is 10.5 Å². The van der Waals surface area contributed by atoms with E-state index >= 15 is 0 Å². The van der Waals surface area contributed by atoms with Crippen LogP contribution < -0.4 is 5.32 Å². The summed E-state index contributed by atoms with van der Waals surface area (Å²) in [6, 6.07) is 7.65. The zero-order chi connectivity index (χ0) is 14.0. The van der Waals surface area contributed by atoms with E-state index < -0.39 is 11.7 Å². The first-order chi connectivity index (χ1) is 8.97. The van der Waals surface area contributed by atoms with E-state index in [9.17, 15) is 14.3 Å². The van der Waals surface area contributed by atoms with E-state index in [0.29, 0.717) is 4.47 Å². The summed E-state index contributed by atoms with van der Waals surface area (Å²) in [7, 11) is 0. The Morgan fingerprint density at radius 3 is 2.58 bits per heavy atom. The normalized spacial score (nSPS) is 10.2. The fourth-order valence-electron chi connectivity index (χ4n) is 1.49. The minimum Gasteiger partial charge on any atom is -0.508 e. The molecule has 0 spiro atoms. The number of aromatic hydroxyl groups is 2. The number of anilines is 1. The van der Waals surface area contributed by atoms with Crippen LogP contribution in [0.2, 0.25) is 0 Å². The van der Waals surface area contributed by atoms with E-state index in [1.807, 2.05) is 0 Å². The first-order valence-corrected chi connectivity index (χ1v) is 6.05. The number of carbonyl (C=O) groups excluding carboxylic acids is 1. The number of halogens is 2. The Balaban J connectivity index is 2.28. The van der Waals surface area contributed by atoms with Crippen LogP contribution in [0, 0.1) is 5.82 Å². The van der Waals surface area contributed by atoms with Crippen molar-refractivity contribution in [3.63, 3.8) is 0 Å². The van der Waals surface area contributed by atoms with E-state index in [2.05, 4.69) is 21.2 Å². The Kier molecular flexibility index (Phi) is 3.71. The van der Waals surface area contributed by atoms with Gasteiger partial charge in [0.25, 0.3) is 5.91 Å². The second kappa shape index (κ2) is 5.27. The summed E-state index contributed by atoms with van der Waals surface area (Å²) in [6.45, 7) is 0. The molecule has 0 saturated carbocycles. The molecule has 2 rings (SSSR count). The van der Waals surface area contributed by atoms with Crippen LogP contribution in [0.4, 0.5) is 10.1 Å². The highest BCUT2D eigenvalue weighted by Crippen LogP contribution is 2.25. The SMILES string of the molecule is O=C(Nc1cc(Br)ccc1F)c1ccc(O)cc1O. The maximum absolute atomic E-state index is 13.5. The lowest BCUT2D eigenvalue weighted by Crippen LogP contribution is -2.13. The van der Waals surface area contributed by atoms with E-state index in [1.54, 1.807) is 0 Å². The van der Waals surface area contributed by atoms with Gasteiger partial charge in [-0.2, -0.15) is 0 Å². The van der Waals surface area contributed by atoms with Crippen LogP contribution in [0.3, 0.4) is 0 Å². The largest absolute Gasteiger partial charge is 0.508 e. The Bertz CT molecular complexity index is 646. The van der Waals surface area contributed by atoms with Crippen LogP contribution in [0.5, 0.6) is 11.5 Å². The van der Waals surface area contributed by atoms with Gasteiger partial charge in [-0.3, -0.25) is 4.79 Å². The number of hydrogen-bond acceptors (Lipinski definition) is 3. The molecule has 0 aliphatic rings. The standard InChI is InChI=1S/C13H9BrFNO3/c14-7-1-4-10(15)11(5-7)16-13(19)9-3-2-8(17)6-12(9)18/h1-6,17-18H,(H,16,19). The molecule has 6 heteroatoms. The van der Waals surface area contributed by atoms with Crippen molar-refractivity contribution in [1.29, 1.82) is 0 Å². The molecule has 3 N–H and O–H groups in total. The fourth-order valence-corrected chi connectivity index (χ4v) is 1.86. The summed E-state index contributed by atoms with van der Waals surface area (Å²) in [4.78, 5) is 11.9. The van der Waals surface area contributed by atoms with Crippen molar-refractivity contribution in [3.05, 3.63) is 52.3 Å². The molecular formula is C13H9BrFNO3. The Labute approximate surface area is 116 Å². The number of hydrogen-bond donors (Lipinski definition) is 3. The molecular weight excluding hydrogens is 317 g/mol. The fraction of sp³-hybridized carbons (Fsp3) is 0. The van der Waals surface area contributed by atoms with Crippen molar-refractivity contribution >= 4 is 27.5 Å². The molecule has 0 heterocycles. The van der Waals surface area contributed by atoms with Crippen molar-refractivity contribution in [2.45, 2.75) is 0 Å². The van der Waals surface area contributed by atoms with Crippen molar-refractivity contribution in [2.75, 3.05) is 5.32 Å². The zero-order valence-corrected chi connectivity index (χ0v) is 11.1. The summed E-state index contributed by atoms with van der Waals surface area (Å²) in [6.07, 6.45) is 0. The molecule has 2 aromatic rings. The second-order valence-corrected chi connectivity index (χ2v) is 4.70. The lowest BCUT2D eigenvalue weighted by molar-refractivity contribution is 0.102. The van der Waals surface area contributed by atoms with Gasteiger partial charge in [-0.05, 0) is 30.3 Å². The predicted octanol–water partition coefficient (Wildman–Crippen LogP) is 3.25. The van der Waals surface area contributed by atoms with Crippen LogP contribution in [0.1, 0.15) is 10.4 Å². The number of rotatable bonds is 2. The highest BCUT2D eigenvalue weighted by Gasteiger charge is 2.14. The van der Waals surface area contributed by atoms with E-state index in [0.717, 1.165) is 6.07 Å². The van der Waals surface area contributed by atoms with Crippen LogP contribution in [-0.4, -0.2) is 16.1 Å². The summed E-state index contributed by atoms with van der Waals surface area (Å²) in [5.74, 6) is -1.81. The number of phenolic OH excluding ortho intramolecular Hbond substituents is 2. The Morgan fingerprint density at radius 2 is 1.89 bits per heavy atom. The van der Waals surface area contributed by atoms with Gasteiger partial charge < -0.3 is 15.5 Å². The van der Waals surface area contributed by atoms with Gasteiger partial charge in [0.05, 0.1) is 11.3 Å². The smallest absolute Gasteiger partial charge is 0.259 e. The van der Waals surface area contributed by atoms with Crippen molar-refractivity contribution in [3.8, 4) is 11.5 Å². The lowest BCUT2D eigenvalue weighted by Gasteiger charge is -2.08. The maximum Gasteiger partial charge on any atom is 0.259 e. The van der Waals surface area contributed by atoms with Gasteiger partial charge in [0.1, 0.15) is 17.3 Å². The van der Waals surface area contributed by atoms with Crippen molar-refractivity contribution < 1.29 is 19.4 Å². The molecule has 0 saturated heterocycles. The average molecular weight is 326 g/mol.